The van der Waals surface area contributed by atoms with E-state index in [-0.39, 0.29) is 5.78 Å². The molecule has 0 saturated heterocycles. The highest BCUT2D eigenvalue weighted by molar-refractivity contribution is 6.45. The summed E-state index contributed by atoms with van der Waals surface area (Å²) in [5.74, 6) is 0.161. The van der Waals surface area contributed by atoms with Crippen molar-refractivity contribution in [3.05, 3.63) is 33.4 Å². The summed E-state index contributed by atoms with van der Waals surface area (Å²) >= 11 is 12.0. The van der Waals surface area contributed by atoms with Gasteiger partial charge in [0, 0.05) is 11.8 Å². The monoisotopic (exact) mass is 239 g/mol. The van der Waals surface area contributed by atoms with Crippen molar-refractivity contribution in [3.63, 3.8) is 0 Å². The highest BCUT2D eigenvalue weighted by atomic mass is 35.5. The molecule has 0 bridgehead atoms. The van der Waals surface area contributed by atoms with Crippen LogP contribution in [0.5, 0.6) is 0 Å². The number of rotatable bonds is 0. The second-order valence-electron chi connectivity index (χ2n) is 3.69. The van der Waals surface area contributed by atoms with Gasteiger partial charge in [-0.2, -0.15) is 0 Å². The number of fused-ring (bicyclic) bond motifs is 3. The van der Waals surface area contributed by atoms with E-state index in [9.17, 15) is 4.79 Å². The topological polar surface area (TPSA) is 32.9 Å². The zero-order chi connectivity index (χ0) is 10.6. The molecule has 4 heteroatoms. The third-order valence-electron chi connectivity index (χ3n) is 2.85. The standard InChI is InChI=1S/C11H7Cl2NO/c12-7-3-1-6-5-2-4-8(15)10(5)14-11(6)9(7)13/h1,3,14H,2,4H2. The van der Waals surface area contributed by atoms with E-state index in [4.69, 9.17) is 23.2 Å². The number of aromatic nitrogens is 1. The molecule has 0 unspecified atom stereocenters. The average molecular weight is 240 g/mol. The lowest BCUT2D eigenvalue weighted by molar-refractivity contribution is 0.0991. The Kier molecular flexibility index (Phi) is 1.85. The van der Waals surface area contributed by atoms with Crippen molar-refractivity contribution < 1.29 is 4.79 Å². The van der Waals surface area contributed by atoms with Crippen molar-refractivity contribution >= 4 is 39.9 Å². The van der Waals surface area contributed by atoms with Crippen LogP contribution in [0.25, 0.3) is 10.9 Å². The highest BCUT2D eigenvalue weighted by Crippen LogP contribution is 2.36. The van der Waals surface area contributed by atoms with Gasteiger partial charge in [0.1, 0.15) is 0 Å². The van der Waals surface area contributed by atoms with E-state index in [1.54, 1.807) is 6.07 Å². The molecule has 1 aliphatic carbocycles. The van der Waals surface area contributed by atoms with E-state index in [0.29, 0.717) is 22.2 Å². The molecule has 1 aromatic carbocycles. The quantitative estimate of drug-likeness (QED) is 0.749. The van der Waals surface area contributed by atoms with Crippen LogP contribution in [-0.4, -0.2) is 10.8 Å². The van der Waals surface area contributed by atoms with Crippen LogP contribution in [0.1, 0.15) is 22.5 Å². The number of H-pyrrole nitrogens is 1. The van der Waals surface area contributed by atoms with Gasteiger partial charge in [-0.05, 0) is 18.1 Å². The van der Waals surface area contributed by atoms with Crippen molar-refractivity contribution in [2.24, 2.45) is 0 Å². The smallest absolute Gasteiger partial charge is 0.179 e. The number of aromatic amines is 1. The van der Waals surface area contributed by atoms with E-state index in [1.807, 2.05) is 6.07 Å². The lowest BCUT2D eigenvalue weighted by Gasteiger charge is -1.98. The first-order chi connectivity index (χ1) is 7.18. The molecule has 15 heavy (non-hydrogen) atoms. The van der Waals surface area contributed by atoms with Gasteiger partial charge >= 0.3 is 0 Å². The Labute approximate surface area is 96.2 Å². The Hall–Kier alpha value is -0.990. The molecule has 0 aliphatic heterocycles. The Morgan fingerprint density at radius 1 is 1.20 bits per heavy atom. The molecule has 0 spiro atoms. The molecule has 76 valence electrons. The third kappa shape index (κ3) is 1.15. The van der Waals surface area contributed by atoms with Crippen LogP contribution in [0.2, 0.25) is 10.0 Å². The summed E-state index contributed by atoms with van der Waals surface area (Å²) in [4.78, 5) is 14.6. The van der Waals surface area contributed by atoms with Crippen LogP contribution in [0.3, 0.4) is 0 Å². The van der Waals surface area contributed by atoms with Gasteiger partial charge < -0.3 is 4.98 Å². The molecule has 0 saturated carbocycles. The molecule has 0 amide bonds. The predicted octanol–water partition coefficient (Wildman–Crippen LogP) is 3.60. The van der Waals surface area contributed by atoms with Gasteiger partial charge in [-0.3, -0.25) is 4.79 Å². The molecule has 3 rings (SSSR count). The number of carbonyl (C=O) groups excluding carboxylic acids is 1. The minimum Gasteiger partial charge on any atom is -0.351 e. The Morgan fingerprint density at radius 3 is 2.80 bits per heavy atom. The van der Waals surface area contributed by atoms with E-state index in [2.05, 4.69) is 4.98 Å². The lowest BCUT2D eigenvalue weighted by atomic mass is 10.1. The zero-order valence-electron chi connectivity index (χ0n) is 7.73. The number of hydrogen-bond donors (Lipinski definition) is 1. The number of ketones is 1. The van der Waals surface area contributed by atoms with Gasteiger partial charge in [0.05, 0.1) is 21.3 Å². The molecular weight excluding hydrogens is 233 g/mol. The Morgan fingerprint density at radius 2 is 2.00 bits per heavy atom. The first-order valence-electron chi connectivity index (χ1n) is 4.70. The molecular formula is C11H7Cl2NO. The summed E-state index contributed by atoms with van der Waals surface area (Å²) in [6.07, 6.45) is 1.39. The molecule has 2 nitrogen and oxygen atoms in total. The van der Waals surface area contributed by atoms with Gasteiger partial charge in [-0.1, -0.05) is 29.3 Å². The molecule has 1 aromatic heterocycles. The number of hydrogen-bond acceptors (Lipinski definition) is 1. The Balaban J connectivity index is 2.44. The van der Waals surface area contributed by atoms with Crippen LogP contribution in [0.4, 0.5) is 0 Å². The summed E-state index contributed by atoms with van der Waals surface area (Å²) < 4.78 is 0. The average Bonchev–Trinajstić information content (AvgIpc) is 2.74. The van der Waals surface area contributed by atoms with Crippen molar-refractivity contribution in [1.29, 1.82) is 0 Å². The third-order valence-corrected chi connectivity index (χ3v) is 3.66. The summed E-state index contributed by atoms with van der Waals surface area (Å²) in [5.41, 5.74) is 2.56. The van der Waals surface area contributed by atoms with Crippen molar-refractivity contribution in [1.82, 2.24) is 4.98 Å². The van der Waals surface area contributed by atoms with Crippen LogP contribution < -0.4 is 0 Å². The number of halogens is 2. The van der Waals surface area contributed by atoms with Crippen LogP contribution >= 0.6 is 23.2 Å². The van der Waals surface area contributed by atoms with Crippen LogP contribution in [0.15, 0.2) is 12.1 Å². The van der Waals surface area contributed by atoms with Gasteiger partial charge in [-0.15, -0.1) is 0 Å². The summed E-state index contributed by atoms with van der Waals surface area (Å²) in [6, 6.07) is 3.68. The minimum atomic E-state index is 0.161. The molecule has 0 radical (unpaired) electrons. The maximum atomic E-state index is 11.5. The summed E-state index contributed by atoms with van der Waals surface area (Å²) in [7, 11) is 0. The lowest BCUT2D eigenvalue weighted by Crippen LogP contribution is -1.91. The van der Waals surface area contributed by atoms with Gasteiger partial charge in [0.15, 0.2) is 5.78 Å². The fourth-order valence-electron chi connectivity index (χ4n) is 2.12. The minimum absolute atomic E-state index is 0.161. The molecule has 0 atom stereocenters. The first-order valence-corrected chi connectivity index (χ1v) is 5.46. The molecule has 1 N–H and O–H groups in total. The molecule has 0 fully saturated rings. The second-order valence-corrected chi connectivity index (χ2v) is 4.47. The van der Waals surface area contributed by atoms with Crippen LogP contribution in [0, 0.1) is 0 Å². The largest absolute Gasteiger partial charge is 0.351 e. The maximum absolute atomic E-state index is 11.5. The number of benzene rings is 1. The highest BCUT2D eigenvalue weighted by Gasteiger charge is 2.25. The summed E-state index contributed by atoms with van der Waals surface area (Å²) in [5, 5.41) is 2.03. The van der Waals surface area contributed by atoms with Crippen molar-refractivity contribution in [2.45, 2.75) is 12.8 Å². The zero-order valence-corrected chi connectivity index (χ0v) is 9.24. The number of aryl methyl sites for hydroxylation is 1. The van der Waals surface area contributed by atoms with Crippen LogP contribution in [-0.2, 0) is 6.42 Å². The van der Waals surface area contributed by atoms with Crippen molar-refractivity contribution in [2.75, 3.05) is 0 Å². The first kappa shape index (κ1) is 9.25. The van der Waals surface area contributed by atoms with E-state index in [0.717, 1.165) is 22.9 Å². The number of carbonyl (C=O) groups is 1. The maximum Gasteiger partial charge on any atom is 0.179 e. The number of Topliss-reactive ketones (excluding diaryl/α,β-unsaturated/α-hetero) is 1. The van der Waals surface area contributed by atoms with E-state index in [1.165, 1.54) is 0 Å². The van der Waals surface area contributed by atoms with E-state index >= 15 is 0 Å². The molecule has 1 aliphatic rings. The predicted molar refractivity (Wildman–Crippen MR) is 61.0 cm³/mol. The molecule has 1 heterocycles. The summed E-state index contributed by atoms with van der Waals surface area (Å²) in [6.45, 7) is 0. The van der Waals surface area contributed by atoms with Gasteiger partial charge in [0.25, 0.3) is 0 Å². The Bertz CT molecular complexity index is 586. The molecule has 2 aromatic rings. The fraction of sp³-hybridized carbons (Fsp3) is 0.182. The number of nitrogens with one attached hydrogen (secondary N) is 1. The fourth-order valence-corrected chi connectivity index (χ4v) is 2.49. The van der Waals surface area contributed by atoms with E-state index < -0.39 is 0 Å². The normalized spacial score (nSPS) is 14.9. The second kappa shape index (κ2) is 3.00. The SMILES string of the molecule is O=C1CCc2c1[nH]c1c(Cl)c(Cl)ccc21. The van der Waals surface area contributed by atoms with Crippen molar-refractivity contribution in [3.8, 4) is 0 Å². The van der Waals surface area contributed by atoms with Gasteiger partial charge in [0.2, 0.25) is 0 Å². The van der Waals surface area contributed by atoms with Gasteiger partial charge in [-0.25, -0.2) is 0 Å².